The van der Waals surface area contributed by atoms with E-state index < -0.39 is 0 Å². The van der Waals surface area contributed by atoms with Crippen LogP contribution in [-0.2, 0) is 13.0 Å². The average molecular weight is 303 g/mol. The Kier molecular flexibility index (Phi) is 3.93. The van der Waals surface area contributed by atoms with E-state index in [1.807, 2.05) is 0 Å². The van der Waals surface area contributed by atoms with Crippen LogP contribution in [-0.4, -0.2) is 15.4 Å². The van der Waals surface area contributed by atoms with Crippen LogP contribution in [0.3, 0.4) is 0 Å². The number of alkyl halides is 1. The second-order valence-corrected chi connectivity index (χ2v) is 5.55. The maximum Gasteiger partial charge on any atom is 0.125 e. The number of halogens is 2. The van der Waals surface area contributed by atoms with E-state index in [0.717, 1.165) is 11.3 Å². The van der Waals surface area contributed by atoms with Crippen LogP contribution in [0.1, 0.15) is 17.0 Å². The highest BCUT2D eigenvalue weighted by Gasteiger charge is 2.11. The summed E-state index contributed by atoms with van der Waals surface area (Å²) < 4.78 is 15.5. The summed E-state index contributed by atoms with van der Waals surface area (Å²) in [5.41, 5.74) is 4.05. The molecule has 2 nitrogen and oxygen atoms in total. The second kappa shape index (κ2) is 5.86. The Morgan fingerprint density at radius 1 is 1.14 bits per heavy atom. The van der Waals surface area contributed by atoms with Crippen molar-refractivity contribution >= 4 is 22.6 Å². The van der Waals surface area contributed by atoms with Gasteiger partial charge in [0.05, 0.1) is 11.0 Å². The first-order valence-electron chi connectivity index (χ1n) is 6.93. The lowest BCUT2D eigenvalue weighted by Gasteiger charge is -2.09. The van der Waals surface area contributed by atoms with Gasteiger partial charge < -0.3 is 4.57 Å². The third kappa shape index (κ3) is 2.93. The minimum absolute atomic E-state index is 0.264. The minimum atomic E-state index is -0.264. The topological polar surface area (TPSA) is 17.8 Å². The highest BCUT2D eigenvalue weighted by atomic mass is 35.5. The van der Waals surface area contributed by atoms with Gasteiger partial charge in [0, 0.05) is 24.9 Å². The average Bonchev–Trinajstić information content (AvgIpc) is 2.79. The van der Waals surface area contributed by atoms with Gasteiger partial charge in [-0.15, -0.1) is 11.6 Å². The standard InChI is InChI=1S/C17H16ClFN2/c1-12-2-4-13(5-3-12)11-21-16-7-6-14(19)10-15(16)20-17(21)8-9-18/h2-7,10H,8-9,11H2,1H3. The molecule has 0 saturated carbocycles. The van der Waals surface area contributed by atoms with E-state index in [1.165, 1.54) is 23.3 Å². The molecular formula is C17H16ClFN2. The molecule has 0 unspecified atom stereocenters. The Bertz CT molecular complexity index is 762. The van der Waals surface area contributed by atoms with Gasteiger partial charge in [0.15, 0.2) is 0 Å². The fraction of sp³-hybridized carbons (Fsp3) is 0.235. The zero-order valence-electron chi connectivity index (χ0n) is 11.8. The van der Waals surface area contributed by atoms with E-state index >= 15 is 0 Å². The zero-order valence-corrected chi connectivity index (χ0v) is 12.6. The molecule has 0 fully saturated rings. The largest absolute Gasteiger partial charge is 0.323 e. The molecule has 3 aromatic rings. The molecule has 3 rings (SSSR count). The normalized spacial score (nSPS) is 11.2. The van der Waals surface area contributed by atoms with Crippen molar-refractivity contribution in [2.75, 3.05) is 5.88 Å². The first-order valence-corrected chi connectivity index (χ1v) is 7.47. The van der Waals surface area contributed by atoms with Crippen molar-refractivity contribution < 1.29 is 4.39 Å². The van der Waals surface area contributed by atoms with Crippen LogP contribution in [0.15, 0.2) is 42.5 Å². The highest BCUT2D eigenvalue weighted by Crippen LogP contribution is 2.20. The molecule has 0 aliphatic rings. The number of fused-ring (bicyclic) bond motifs is 1. The molecule has 0 aliphatic heterocycles. The summed E-state index contributed by atoms with van der Waals surface area (Å²) in [6, 6.07) is 13.1. The third-order valence-electron chi connectivity index (χ3n) is 3.57. The van der Waals surface area contributed by atoms with Gasteiger partial charge in [-0.25, -0.2) is 9.37 Å². The van der Waals surface area contributed by atoms with Crippen molar-refractivity contribution in [2.24, 2.45) is 0 Å². The monoisotopic (exact) mass is 302 g/mol. The number of benzene rings is 2. The number of hydrogen-bond donors (Lipinski definition) is 0. The minimum Gasteiger partial charge on any atom is -0.323 e. The van der Waals surface area contributed by atoms with Gasteiger partial charge in [0.1, 0.15) is 11.6 Å². The molecule has 0 spiro atoms. The summed E-state index contributed by atoms with van der Waals surface area (Å²) in [5.74, 6) is 1.13. The van der Waals surface area contributed by atoms with Crippen LogP contribution in [0.25, 0.3) is 11.0 Å². The molecular weight excluding hydrogens is 287 g/mol. The Balaban J connectivity index is 2.06. The SMILES string of the molecule is Cc1ccc(Cn2c(CCCl)nc3cc(F)ccc32)cc1. The summed E-state index contributed by atoms with van der Waals surface area (Å²) in [4.78, 5) is 4.52. The fourth-order valence-electron chi connectivity index (χ4n) is 2.48. The number of rotatable bonds is 4. The van der Waals surface area contributed by atoms with E-state index in [9.17, 15) is 4.39 Å². The molecule has 0 saturated heterocycles. The van der Waals surface area contributed by atoms with Crippen molar-refractivity contribution in [2.45, 2.75) is 19.9 Å². The predicted octanol–water partition coefficient (Wildman–Crippen LogP) is 4.31. The van der Waals surface area contributed by atoms with Crippen LogP contribution in [0.2, 0.25) is 0 Å². The first kappa shape index (κ1) is 14.1. The summed E-state index contributed by atoms with van der Waals surface area (Å²) in [5, 5.41) is 0. The number of aromatic nitrogens is 2. The lowest BCUT2D eigenvalue weighted by Crippen LogP contribution is -2.06. The molecule has 0 bridgehead atoms. The number of imidazole rings is 1. The van der Waals surface area contributed by atoms with Gasteiger partial charge >= 0.3 is 0 Å². The Morgan fingerprint density at radius 2 is 1.90 bits per heavy atom. The first-order chi connectivity index (χ1) is 10.2. The quantitative estimate of drug-likeness (QED) is 0.657. The maximum atomic E-state index is 13.4. The highest BCUT2D eigenvalue weighted by molar-refractivity contribution is 6.17. The molecule has 1 aromatic heterocycles. The molecule has 21 heavy (non-hydrogen) atoms. The Labute approximate surface area is 128 Å². The van der Waals surface area contributed by atoms with Gasteiger partial charge in [-0.05, 0) is 24.6 Å². The molecule has 0 aliphatic carbocycles. The number of nitrogens with zero attached hydrogens (tertiary/aromatic N) is 2. The smallest absolute Gasteiger partial charge is 0.125 e. The van der Waals surface area contributed by atoms with E-state index in [-0.39, 0.29) is 5.82 Å². The van der Waals surface area contributed by atoms with E-state index in [2.05, 4.69) is 40.7 Å². The molecule has 0 amide bonds. The van der Waals surface area contributed by atoms with Gasteiger partial charge in [0.2, 0.25) is 0 Å². The maximum absolute atomic E-state index is 13.4. The summed E-state index contributed by atoms with van der Waals surface area (Å²) in [6.45, 7) is 2.78. The Hall–Kier alpha value is -1.87. The van der Waals surface area contributed by atoms with Crippen molar-refractivity contribution in [1.82, 2.24) is 9.55 Å². The van der Waals surface area contributed by atoms with Crippen LogP contribution < -0.4 is 0 Å². The molecule has 0 N–H and O–H groups in total. The summed E-state index contributed by atoms with van der Waals surface area (Å²) in [7, 11) is 0. The van der Waals surface area contributed by atoms with Crippen LogP contribution in [0.5, 0.6) is 0 Å². The third-order valence-corrected chi connectivity index (χ3v) is 3.76. The van der Waals surface area contributed by atoms with Gasteiger partial charge in [-0.1, -0.05) is 29.8 Å². The van der Waals surface area contributed by atoms with Crippen molar-refractivity contribution in [3.8, 4) is 0 Å². The van der Waals surface area contributed by atoms with Crippen LogP contribution in [0.4, 0.5) is 4.39 Å². The summed E-state index contributed by atoms with van der Waals surface area (Å²) >= 11 is 5.86. The van der Waals surface area contributed by atoms with Gasteiger partial charge in [-0.2, -0.15) is 0 Å². The number of hydrogen-bond acceptors (Lipinski definition) is 1. The fourth-order valence-corrected chi connectivity index (χ4v) is 2.65. The zero-order chi connectivity index (χ0) is 14.8. The van der Waals surface area contributed by atoms with Crippen molar-refractivity contribution in [3.63, 3.8) is 0 Å². The molecule has 4 heteroatoms. The van der Waals surface area contributed by atoms with Crippen molar-refractivity contribution in [3.05, 3.63) is 65.2 Å². The lowest BCUT2D eigenvalue weighted by atomic mass is 10.1. The lowest BCUT2D eigenvalue weighted by molar-refractivity contribution is 0.629. The molecule has 1 heterocycles. The predicted molar refractivity (Wildman–Crippen MR) is 84.4 cm³/mol. The van der Waals surface area contributed by atoms with Gasteiger partial charge in [0.25, 0.3) is 0 Å². The van der Waals surface area contributed by atoms with Crippen LogP contribution in [0, 0.1) is 12.7 Å². The van der Waals surface area contributed by atoms with Crippen molar-refractivity contribution in [1.29, 1.82) is 0 Å². The van der Waals surface area contributed by atoms with E-state index in [1.54, 1.807) is 6.07 Å². The molecule has 0 radical (unpaired) electrons. The van der Waals surface area contributed by atoms with E-state index in [0.29, 0.717) is 24.4 Å². The number of aryl methyl sites for hydroxylation is 2. The van der Waals surface area contributed by atoms with E-state index in [4.69, 9.17) is 11.6 Å². The summed E-state index contributed by atoms with van der Waals surface area (Å²) in [6.07, 6.45) is 0.670. The molecule has 0 atom stereocenters. The molecule has 108 valence electrons. The second-order valence-electron chi connectivity index (χ2n) is 5.17. The molecule has 2 aromatic carbocycles. The Morgan fingerprint density at radius 3 is 2.62 bits per heavy atom. The van der Waals surface area contributed by atoms with Gasteiger partial charge in [-0.3, -0.25) is 0 Å². The van der Waals surface area contributed by atoms with Crippen LogP contribution >= 0.6 is 11.6 Å².